The molecule has 0 radical (unpaired) electrons. The molecule has 0 bridgehead atoms. The van der Waals surface area contributed by atoms with Crippen LogP contribution in [0.5, 0.6) is 0 Å². The SMILES string of the molecule is Cc1sc2c(c1C)C(c1ccc(Cl)cc1)=N[C@@H](CC(=O)N1CCN(Cc3cccc(C4CCC(=O)NC4=O)c3)CC1)c1nnc(C)n1-2. The van der Waals surface area contributed by atoms with E-state index in [2.05, 4.69) is 51.0 Å². The summed E-state index contributed by atoms with van der Waals surface area (Å²) in [5.74, 6) is 0.751. The van der Waals surface area contributed by atoms with E-state index in [9.17, 15) is 14.4 Å². The van der Waals surface area contributed by atoms with Crippen molar-refractivity contribution < 1.29 is 14.4 Å². The number of carbonyl (C=O) groups is 3. The van der Waals surface area contributed by atoms with Gasteiger partial charge in [-0.25, -0.2) is 0 Å². The van der Waals surface area contributed by atoms with E-state index >= 15 is 0 Å². The molecule has 47 heavy (non-hydrogen) atoms. The van der Waals surface area contributed by atoms with Crippen molar-refractivity contribution in [3.05, 3.63) is 97.9 Å². The predicted molar refractivity (Wildman–Crippen MR) is 181 cm³/mol. The van der Waals surface area contributed by atoms with Gasteiger partial charge in [-0.05, 0) is 56.0 Å². The van der Waals surface area contributed by atoms with Crippen molar-refractivity contribution in [2.24, 2.45) is 4.99 Å². The van der Waals surface area contributed by atoms with Crippen LogP contribution in [-0.4, -0.2) is 74.2 Å². The van der Waals surface area contributed by atoms with Gasteiger partial charge >= 0.3 is 0 Å². The predicted octanol–water partition coefficient (Wildman–Crippen LogP) is 5.05. The number of piperidine rings is 1. The fraction of sp³-hybridized carbons (Fsp3) is 0.371. The lowest BCUT2D eigenvalue weighted by Crippen LogP contribution is -2.48. The van der Waals surface area contributed by atoms with E-state index in [4.69, 9.17) is 16.6 Å². The van der Waals surface area contributed by atoms with Crippen molar-refractivity contribution in [3.8, 4) is 5.00 Å². The molecule has 5 heterocycles. The molecule has 2 fully saturated rings. The second-order valence-electron chi connectivity index (χ2n) is 12.5. The number of halogens is 1. The molecular formula is C35H36ClN7O3S. The summed E-state index contributed by atoms with van der Waals surface area (Å²) in [6.45, 7) is 9.61. The second-order valence-corrected chi connectivity index (χ2v) is 14.2. The molecule has 2 atom stereocenters. The number of hydrogen-bond donors (Lipinski definition) is 1. The number of aliphatic imine (C=N–C) groups is 1. The van der Waals surface area contributed by atoms with Gasteiger partial charge in [0.1, 0.15) is 16.9 Å². The Kier molecular flexibility index (Phi) is 8.54. The lowest BCUT2D eigenvalue weighted by molar-refractivity contribution is -0.135. The molecule has 1 N–H and O–H groups in total. The number of nitrogens with one attached hydrogen (secondary N) is 1. The first-order valence-corrected chi connectivity index (χ1v) is 17.1. The van der Waals surface area contributed by atoms with Crippen LogP contribution in [0.2, 0.25) is 5.02 Å². The lowest BCUT2D eigenvalue weighted by Gasteiger charge is -2.35. The maximum atomic E-state index is 13.9. The summed E-state index contributed by atoms with van der Waals surface area (Å²) < 4.78 is 2.07. The number of thiophene rings is 1. The highest BCUT2D eigenvalue weighted by molar-refractivity contribution is 7.15. The smallest absolute Gasteiger partial charge is 0.234 e. The number of aromatic nitrogens is 3. The van der Waals surface area contributed by atoms with Gasteiger partial charge in [-0.3, -0.25) is 34.2 Å². The number of nitrogens with zero attached hydrogens (tertiary/aromatic N) is 6. The van der Waals surface area contributed by atoms with Crippen LogP contribution in [0.3, 0.4) is 0 Å². The number of amides is 3. The van der Waals surface area contributed by atoms with Gasteiger partial charge in [-0.15, -0.1) is 21.5 Å². The van der Waals surface area contributed by atoms with E-state index in [1.165, 1.54) is 4.88 Å². The van der Waals surface area contributed by atoms with Crippen LogP contribution in [0.15, 0.2) is 53.5 Å². The fourth-order valence-electron chi connectivity index (χ4n) is 6.76. The second kappa shape index (κ2) is 12.8. The van der Waals surface area contributed by atoms with Crippen LogP contribution in [0.4, 0.5) is 0 Å². The summed E-state index contributed by atoms with van der Waals surface area (Å²) in [7, 11) is 0. The summed E-state index contributed by atoms with van der Waals surface area (Å²) in [5.41, 5.74) is 6.03. The lowest BCUT2D eigenvalue weighted by atomic mass is 9.89. The summed E-state index contributed by atoms with van der Waals surface area (Å²) in [5, 5.41) is 13.1. The van der Waals surface area contributed by atoms with E-state index in [1.54, 1.807) is 11.3 Å². The third kappa shape index (κ3) is 6.15. The van der Waals surface area contributed by atoms with Gasteiger partial charge in [0.05, 0.1) is 18.1 Å². The Morgan fingerprint density at radius 3 is 2.53 bits per heavy atom. The standard InChI is InChI=1S/C35H36ClN7O3S/c1-20-21(2)47-35-31(20)32(24-7-9-26(36)10-8-24)37-28(33-40-39-22(3)43(33)35)18-30(45)42-15-13-41(14-16-42)19-23-5-4-6-25(17-23)27-11-12-29(44)38-34(27)46/h4-10,17,27-28H,11-16,18-19H2,1-3H3,(H,38,44,46)/t27?,28-/m0/s1. The molecule has 242 valence electrons. The third-order valence-electron chi connectivity index (χ3n) is 9.45. The minimum Gasteiger partial charge on any atom is -0.340 e. The Labute approximate surface area is 282 Å². The van der Waals surface area contributed by atoms with Crippen LogP contribution in [-0.2, 0) is 20.9 Å². The first-order chi connectivity index (χ1) is 22.7. The van der Waals surface area contributed by atoms with Gasteiger partial charge < -0.3 is 4.90 Å². The molecule has 0 spiro atoms. The van der Waals surface area contributed by atoms with Crippen molar-refractivity contribution >= 4 is 46.4 Å². The first-order valence-electron chi connectivity index (χ1n) is 16.0. The molecule has 0 saturated carbocycles. The minimum absolute atomic E-state index is 0.0408. The Bertz CT molecular complexity index is 1910. The summed E-state index contributed by atoms with van der Waals surface area (Å²) in [4.78, 5) is 48.6. The minimum atomic E-state index is -0.498. The average Bonchev–Trinajstić information content (AvgIpc) is 3.53. The van der Waals surface area contributed by atoms with E-state index in [1.807, 2.05) is 48.2 Å². The quantitative estimate of drug-likeness (QED) is 0.288. The van der Waals surface area contributed by atoms with Crippen molar-refractivity contribution in [2.75, 3.05) is 26.2 Å². The summed E-state index contributed by atoms with van der Waals surface area (Å²) in [6, 6.07) is 15.3. The monoisotopic (exact) mass is 669 g/mol. The molecule has 2 aromatic carbocycles. The van der Waals surface area contributed by atoms with E-state index in [0.29, 0.717) is 36.8 Å². The summed E-state index contributed by atoms with van der Waals surface area (Å²) >= 11 is 7.94. The molecule has 0 aliphatic carbocycles. The number of imide groups is 1. The first kappa shape index (κ1) is 31.4. The van der Waals surface area contributed by atoms with Crippen LogP contribution in [0, 0.1) is 20.8 Å². The normalized spacial score (nSPS) is 19.9. The number of rotatable bonds is 6. The van der Waals surface area contributed by atoms with Gasteiger partial charge in [0.2, 0.25) is 17.7 Å². The Hall–Kier alpha value is -4.19. The molecule has 2 aromatic heterocycles. The fourth-order valence-corrected chi connectivity index (χ4v) is 8.10. The van der Waals surface area contributed by atoms with Gasteiger partial charge in [0, 0.05) is 60.2 Å². The van der Waals surface area contributed by atoms with E-state index in [0.717, 1.165) is 64.0 Å². The van der Waals surface area contributed by atoms with E-state index < -0.39 is 6.04 Å². The van der Waals surface area contributed by atoms with Crippen LogP contribution < -0.4 is 5.32 Å². The Morgan fingerprint density at radius 2 is 1.79 bits per heavy atom. The Balaban J connectivity index is 1.07. The van der Waals surface area contributed by atoms with Crippen LogP contribution in [0.25, 0.3) is 5.00 Å². The van der Waals surface area contributed by atoms with Crippen LogP contribution >= 0.6 is 22.9 Å². The zero-order valence-electron chi connectivity index (χ0n) is 26.6. The van der Waals surface area contributed by atoms with Crippen LogP contribution in [0.1, 0.15) is 75.6 Å². The number of aryl methyl sites for hydroxylation is 2. The van der Waals surface area contributed by atoms with E-state index in [-0.39, 0.29) is 30.1 Å². The van der Waals surface area contributed by atoms with Crippen molar-refractivity contribution in [1.82, 2.24) is 29.9 Å². The topological polar surface area (TPSA) is 113 Å². The maximum absolute atomic E-state index is 13.9. The molecule has 12 heteroatoms. The largest absolute Gasteiger partial charge is 0.340 e. The number of carbonyl (C=O) groups excluding carboxylic acids is 3. The zero-order valence-corrected chi connectivity index (χ0v) is 28.2. The Morgan fingerprint density at radius 1 is 1.02 bits per heavy atom. The number of piperazine rings is 1. The average molecular weight is 670 g/mol. The molecule has 3 amide bonds. The van der Waals surface area contributed by atoms with Gasteiger partial charge in [0.15, 0.2) is 5.82 Å². The van der Waals surface area contributed by atoms with Gasteiger partial charge in [-0.1, -0.05) is 48.0 Å². The van der Waals surface area contributed by atoms with Crippen molar-refractivity contribution in [1.29, 1.82) is 0 Å². The highest BCUT2D eigenvalue weighted by atomic mass is 35.5. The summed E-state index contributed by atoms with van der Waals surface area (Å²) in [6.07, 6.45) is 1.08. The van der Waals surface area contributed by atoms with Gasteiger partial charge in [-0.2, -0.15) is 0 Å². The number of hydrogen-bond acceptors (Lipinski definition) is 8. The zero-order chi connectivity index (χ0) is 32.8. The molecule has 2 saturated heterocycles. The number of benzene rings is 2. The maximum Gasteiger partial charge on any atom is 0.234 e. The molecule has 4 aromatic rings. The third-order valence-corrected chi connectivity index (χ3v) is 10.9. The highest BCUT2D eigenvalue weighted by Gasteiger charge is 2.34. The molecule has 3 aliphatic heterocycles. The number of fused-ring (bicyclic) bond motifs is 3. The molecule has 10 nitrogen and oxygen atoms in total. The highest BCUT2D eigenvalue weighted by Crippen LogP contribution is 2.40. The van der Waals surface area contributed by atoms with Crippen molar-refractivity contribution in [2.45, 2.75) is 58.5 Å². The molecule has 7 rings (SSSR count). The molecule has 1 unspecified atom stereocenters. The molecule has 3 aliphatic rings. The molecular weight excluding hydrogens is 634 g/mol. The van der Waals surface area contributed by atoms with Gasteiger partial charge in [0.25, 0.3) is 0 Å². The van der Waals surface area contributed by atoms with Crippen molar-refractivity contribution in [3.63, 3.8) is 0 Å².